The first-order chi connectivity index (χ1) is 15.7. The number of carbonyl (C=O) groups excluding carboxylic acids is 6. The zero-order valence-electron chi connectivity index (χ0n) is 18.1. The number of hydrogen-bond donors (Lipinski definition) is 5. The Morgan fingerprint density at radius 1 is 0.848 bits per heavy atom. The van der Waals surface area contributed by atoms with Crippen LogP contribution < -0.4 is 26.6 Å². The van der Waals surface area contributed by atoms with Gasteiger partial charge < -0.3 is 36.1 Å². The summed E-state index contributed by atoms with van der Waals surface area (Å²) in [7, 11) is 4.90. The summed E-state index contributed by atoms with van der Waals surface area (Å²) in [6.45, 7) is -0.461. The molecule has 0 aliphatic rings. The summed E-state index contributed by atoms with van der Waals surface area (Å²) in [5.41, 5.74) is 0.0697. The van der Waals surface area contributed by atoms with E-state index in [1.54, 1.807) is 30.3 Å². The van der Waals surface area contributed by atoms with Crippen LogP contribution in [0.15, 0.2) is 30.3 Å². The lowest BCUT2D eigenvalue weighted by Crippen LogP contribution is -2.52. The van der Waals surface area contributed by atoms with Gasteiger partial charge >= 0.3 is 0 Å². The largest absolute Gasteiger partial charge is 0.355 e. The molecule has 1 aromatic rings. The van der Waals surface area contributed by atoms with Crippen molar-refractivity contribution < 1.29 is 33.5 Å². The molecule has 0 aliphatic carbocycles. The summed E-state index contributed by atoms with van der Waals surface area (Å²) in [6.07, 6.45) is 0.140. The van der Waals surface area contributed by atoms with Crippen LogP contribution in [0.25, 0.3) is 0 Å². The Morgan fingerprint density at radius 2 is 1.45 bits per heavy atom. The molecule has 1 atom stereocenters. The van der Waals surface area contributed by atoms with Crippen LogP contribution in [0.1, 0.15) is 12.5 Å². The molecule has 0 unspecified atom stereocenters. The molecule has 33 heavy (non-hydrogen) atoms. The van der Waals surface area contributed by atoms with E-state index in [1.165, 1.54) is 6.92 Å². The van der Waals surface area contributed by atoms with Crippen molar-refractivity contribution in [2.75, 3.05) is 33.0 Å². The van der Waals surface area contributed by atoms with E-state index in [0.717, 1.165) is 5.56 Å². The standard InChI is InChI=1S/C20H26BN5O7/c1-13(27)22-8-17(29)23-10-19(31)26-15(7-14-5-3-2-4-6-14)20(32)24-9-18(30)25-12-33-11-16(21)28/h2-6,15H,7-12H2,1H3,(H,22,27)(H,23,29)(H,24,32)(H,25,30)(H,26,31)/t15-/m0/s1. The van der Waals surface area contributed by atoms with Crippen molar-refractivity contribution in [2.24, 2.45) is 0 Å². The van der Waals surface area contributed by atoms with Gasteiger partial charge in [0.15, 0.2) is 7.85 Å². The maximum Gasteiger partial charge on any atom is 0.243 e. The predicted octanol–water partition coefficient (Wildman–Crippen LogP) is -3.13. The first kappa shape index (κ1) is 27.3. The number of amides is 5. The average molecular weight is 459 g/mol. The third-order valence-corrected chi connectivity index (χ3v) is 3.92. The maximum absolute atomic E-state index is 12.6. The molecule has 2 radical (unpaired) electrons. The highest BCUT2D eigenvalue weighted by Gasteiger charge is 2.22. The Bertz CT molecular complexity index is 850. The number of ether oxygens (including phenoxy) is 1. The van der Waals surface area contributed by atoms with Gasteiger partial charge in [-0.3, -0.25) is 24.0 Å². The number of hydrogen-bond acceptors (Lipinski definition) is 7. The highest BCUT2D eigenvalue weighted by Crippen LogP contribution is 2.03. The van der Waals surface area contributed by atoms with E-state index in [2.05, 4.69) is 26.6 Å². The van der Waals surface area contributed by atoms with Crippen LogP contribution in [0.3, 0.4) is 0 Å². The van der Waals surface area contributed by atoms with Crippen molar-refractivity contribution in [1.82, 2.24) is 26.6 Å². The second kappa shape index (κ2) is 15.1. The third kappa shape index (κ3) is 13.3. The zero-order chi connectivity index (χ0) is 24.6. The number of nitrogens with one attached hydrogen (secondary N) is 5. The lowest BCUT2D eigenvalue weighted by atomic mass is 10.1. The molecule has 0 spiro atoms. The van der Waals surface area contributed by atoms with Crippen molar-refractivity contribution in [3.05, 3.63) is 35.9 Å². The molecule has 12 nitrogen and oxygen atoms in total. The van der Waals surface area contributed by atoms with Gasteiger partial charge in [-0.05, 0) is 5.56 Å². The predicted molar refractivity (Wildman–Crippen MR) is 117 cm³/mol. The summed E-state index contributed by atoms with van der Waals surface area (Å²) in [4.78, 5) is 69.6. The lowest BCUT2D eigenvalue weighted by Gasteiger charge is -2.19. The molecular formula is C20H26BN5O7. The fourth-order valence-corrected chi connectivity index (χ4v) is 2.39. The minimum absolute atomic E-state index is 0.140. The van der Waals surface area contributed by atoms with E-state index in [-0.39, 0.29) is 26.3 Å². The molecular weight excluding hydrogens is 433 g/mol. The van der Waals surface area contributed by atoms with Crippen LogP contribution >= 0.6 is 0 Å². The molecule has 0 aromatic heterocycles. The lowest BCUT2D eigenvalue weighted by molar-refractivity contribution is -0.131. The summed E-state index contributed by atoms with van der Waals surface area (Å²) in [6, 6.07) is 7.86. The van der Waals surface area contributed by atoms with E-state index in [0.29, 0.717) is 0 Å². The minimum Gasteiger partial charge on any atom is -0.355 e. The number of carbonyl (C=O) groups is 6. The van der Waals surface area contributed by atoms with Crippen molar-refractivity contribution in [3.8, 4) is 0 Å². The molecule has 1 aromatic carbocycles. The quantitative estimate of drug-likeness (QED) is 0.111. The van der Waals surface area contributed by atoms with Crippen LogP contribution in [-0.4, -0.2) is 82.1 Å². The van der Waals surface area contributed by atoms with E-state index in [9.17, 15) is 28.8 Å². The van der Waals surface area contributed by atoms with Crippen molar-refractivity contribution in [2.45, 2.75) is 19.4 Å². The van der Waals surface area contributed by atoms with Crippen LogP contribution in [0.5, 0.6) is 0 Å². The Kier molecular flexibility index (Phi) is 12.5. The highest BCUT2D eigenvalue weighted by molar-refractivity contribution is 6.58. The second-order valence-electron chi connectivity index (χ2n) is 6.77. The Morgan fingerprint density at radius 3 is 2.09 bits per heavy atom. The van der Waals surface area contributed by atoms with E-state index >= 15 is 0 Å². The molecule has 13 heteroatoms. The SMILES string of the molecule is [B]C(=O)COCNC(=O)CNC(=O)[C@H](Cc1ccccc1)NC(=O)CNC(=O)CNC(C)=O. The molecule has 5 N–H and O–H groups in total. The molecule has 0 fully saturated rings. The van der Waals surface area contributed by atoms with Gasteiger partial charge in [-0.25, -0.2) is 0 Å². The Hall–Kier alpha value is -3.74. The van der Waals surface area contributed by atoms with Gasteiger partial charge in [0.05, 0.1) is 26.2 Å². The second-order valence-corrected chi connectivity index (χ2v) is 6.77. The first-order valence-electron chi connectivity index (χ1n) is 9.92. The first-order valence-corrected chi connectivity index (χ1v) is 9.92. The molecule has 0 saturated carbocycles. The number of benzene rings is 1. The maximum atomic E-state index is 12.6. The Balaban J connectivity index is 2.58. The van der Waals surface area contributed by atoms with Gasteiger partial charge in [-0.1, -0.05) is 30.3 Å². The molecule has 5 amide bonds. The van der Waals surface area contributed by atoms with Crippen molar-refractivity contribution in [3.63, 3.8) is 0 Å². The van der Waals surface area contributed by atoms with Gasteiger partial charge in [-0.15, -0.1) is 0 Å². The average Bonchev–Trinajstić information content (AvgIpc) is 2.77. The van der Waals surface area contributed by atoms with Crippen molar-refractivity contribution in [1.29, 1.82) is 0 Å². The smallest absolute Gasteiger partial charge is 0.243 e. The molecule has 0 saturated heterocycles. The normalized spacial score (nSPS) is 10.9. The topological polar surface area (TPSA) is 172 Å². The van der Waals surface area contributed by atoms with E-state index in [4.69, 9.17) is 12.6 Å². The monoisotopic (exact) mass is 459 g/mol. The van der Waals surface area contributed by atoms with Gasteiger partial charge in [0, 0.05) is 13.3 Å². The molecule has 1 rings (SSSR count). The van der Waals surface area contributed by atoms with Gasteiger partial charge in [0.25, 0.3) is 0 Å². The molecule has 0 aliphatic heterocycles. The number of rotatable bonds is 14. The third-order valence-electron chi connectivity index (χ3n) is 3.92. The van der Waals surface area contributed by atoms with Crippen LogP contribution in [0, 0.1) is 0 Å². The molecule has 0 heterocycles. The van der Waals surface area contributed by atoms with E-state index < -0.39 is 54.3 Å². The highest BCUT2D eigenvalue weighted by atomic mass is 16.5. The van der Waals surface area contributed by atoms with Crippen LogP contribution in [-0.2, 0) is 39.9 Å². The van der Waals surface area contributed by atoms with Gasteiger partial charge in [-0.2, -0.15) is 0 Å². The molecule has 0 bridgehead atoms. The minimum atomic E-state index is -1.02. The van der Waals surface area contributed by atoms with Crippen LogP contribution in [0.4, 0.5) is 0 Å². The fourth-order valence-electron chi connectivity index (χ4n) is 2.39. The van der Waals surface area contributed by atoms with Crippen molar-refractivity contribution >= 4 is 43.1 Å². The summed E-state index contributed by atoms with van der Waals surface area (Å²) >= 11 is 0. The summed E-state index contributed by atoms with van der Waals surface area (Å²) in [5.74, 6) is -2.79. The zero-order valence-corrected chi connectivity index (χ0v) is 18.1. The van der Waals surface area contributed by atoms with Gasteiger partial charge in [0.2, 0.25) is 29.5 Å². The Labute approximate surface area is 192 Å². The van der Waals surface area contributed by atoms with E-state index in [1.807, 2.05) is 0 Å². The van der Waals surface area contributed by atoms with Crippen LogP contribution in [0.2, 0.25) is 0 Å². The van der Waals surface area contributed by atoms with Gasteiger partial charge in [0.1, 0.15) is 18.5 Å². The summed E-state index contributed by atoms with van der Waals surface area (Å²) < 4.78 is 4.79. The fraction of sp³-hybridized carbons (Fsp3) is 0.400. The summed E-state index contributed by atoms with van der Waals surface area (Å²) in [5, 5.41) is 11.9. The molecule has 176 valence electrons.